The fraction of sp³-hybridized carbons (Fsp3) is 0.222. The van der Waals surface area contributed by atoms with Crippen molar-refractivity contribution in [2.75, 3.05) is 11.9 Å². The van der Waals surface area contributed by atoms with Gasteiger partial charge in [-0.3, -0.25) is 19.5 Å². The van der Waals surface area contributed by atoms with Crippen LogP contribution in [0.4, 0.5) is 5.69 Å². The molecule has 0 radical (unpaired) electrons. The summed E-state index contributed by atoms with van der Waals surface area (Å²) in [5.74, 6) is 0.0409. The van der Waals surface area contributed by atoms with Crippen LogP contribution in [-0.4, -0.2) is 28.3 Å². The second-order valence-electron chi connectivity index (χ2n) is 8.05. The molecule has 1 aliphatic rings. The molecule has 1 aliphatic heterocycles. The number of ether oxygens (including phenoxy) is 1. The van der Waals surface area contributed by atoms with Gasteiger partial charge in [0.25, 0.3) is 11.8 Å². The van der Waals surface area contributed by atoms with Gasteiger partial charge in [0.15, 0.2) is 0 Å². The average molecular weight is 442 g/mol. The van der Waals surface area contributed by atoms with Gasteiger partial charge in [-0.1, -0.05) is 37.3 Å². The van der Waals surface area contributed by atoms with Gasteiger partial charge in [-0.05, 0) is 66.8 Å². The van der Waals surface area contributed by atoms with Gasteiger partial charge in [-0.25, -0.2) is 0 Å². The van der Waals surface area contributed by atoms with Crippen molar-refractivity contribution in [1.29, 1.82) is 0 Å². The van der Waals surface area contributed by atoms with E-state index in [2.05, 4.69) is 10.3 Å². The van der Waals surface area contributed by atoms with Crippen LogP contribution in [0, 0.1) is 13.8 Å². The molecule has 2 aromatic carbocycles. The molecule has 0 spiro atoms. The summed E-state index contributed by atoms with van der Waals surface area (Å²) in [4.78, 5) is 32.3. The number of carbonyl (C=O) groups excluding carboxylic acids is 2. The van der Waals surface area contributed by atoms with Crippen LogP contribution in [0.1, 0.15) is 35.6 Å². The van der Waals surface area contributed by atoms with Gasteiger partial charge >= 0.3 is 0 Å². The quantitative estimate of drug-likeness (QED) is 0.505. The molecule has 0 unspecified atom stereocenters. The highest BCUT2D eigenvalue weighted by molar-refractivity contribution is 6.36. The van der Waals surface area contributed by atoms with E-state index in [0.29, 0.717) is 17.7 Å². The molecule has 6 nitrogen and oxygen atoms in total. The Morgan fingerprint density at radius 1 is 0.970 bits per heavy atom. The van der Waals surface area contributed by atoms with Crippen molar-refractivity contribution in [2.45, 2.75) is 33.7 Å². The molecule has 0 fully saturated rings. The van der Waals surface area contributed by atoms with Crippen LogP contribution in [-0.2, 0) is 16.1 Å². The number of anilines is 1. The lowest BCUT2D eigenvalue weighted by molar-refractivity contribution is -0.137. The van der Waals surface area contributed by atoms with Crippen molar-refractivity contribution in [2.24, 2.45) is 0 Å². The Kier molecular flexibility index (Phi) is 6.54. The van der Waals surface area contributed by atoms with Gasteiger partial charge in [-0.15, -0.1) is 0 Å². The second kappa shape index (κ2) is 9.69. The van der Waals surface area contributed by atoms with Crippen LogP contribution in [0.5, 0.6) is 5.75 Å². The van der Waals surface area contributed by atoms with E-state index in [0.717, 1.165) is 34.5 Å². The van der Waals surface area contributed by atoms with E-state index in [1.807, 2.05) is 69.3 Å². The molecule has 0 saturated heterocycles. The summed E-state index contributed by atoms with van der Waals surface area (Å²) < 4.78 is 5.67. The smallest absolute Gasteiger partial charge is 0.278 e. The van der Waals surface area contributed by atoms with Crippen molar-refractivity contribution in [3.05, 3.63) is 94.9 Å². The highest BCUT2D eigenvalue weighted by Gasteiger charge is 2.39. The third-order valence-electron chi connectivity index (χ3n) is 5.71. The van der Waals surface area contributed by atoms with Gasteiger partial charge in [-0.2, -0.15) is 0 Å². The highest BCUT2D eigenvalue weighted by atomic mass is 16.5. The molecular weight excluding hydrogens is 414 g/mol. The van der Waals surface area contributed by atoms with Crippen molar-refractivity contribution in [3.63, 3.8) is 0 Å². The van der Waals surface area contributed by atoms with Crippen LogP contribution in [0.2, 0.25) is 0 Å². The van der Waals surface area contributed by atoms with Crippen LogP contribution < -0.4 is 10.1 Å². The molecule has 0 atom stereocenters. The first-order valence-electron chi connectivity index (χ1n) is 11.1. The largest absolute Gasteiger partial charge is 0.494 e. The Morgan fingerprint density at radius 3 is 2.45 bits per heavy atom. The first-order valence-corrected chi connectivity index (χ1v) is 11.1. The molecule has 4 rings (SSSR count). The molecule has 0 bridgehead atoms. The van der Waals surface area contributed by atoms with Crippen molar-refractivity contribution in [3.8, 4) is 5.75 Å². The first-order chi connectivity index (χ1) is 16.0. The number of hydrogen-bond acceptors (Lipinski definition) is 5. The minimum absolute atomic E-state index is 0.157. The summed E-state index contributed by atoms with van der Waals surface area (Å²) in [5, 5.41) is 3.26. The van der Waals surface area contributed by atoms with Gasteiger partial charge in [0.1, 0.15) is 11.4 Å². The van der Waals surface area contributed by atoms with E-state index >= 15 is 0 Å². The fourth-order valence-electron chi connectivity index (χ4n) is 3.74. The SMILES string of the molecule is CCCOc1ccc(C2=C(Nc3cccc(C)c3C)C(=O)N(Cc3cccnc3)C2=O)cc1. The fourth-order valence-corrected chi connectivity index (χ4v) is 3.74. The lowest BCUT2D eigenvalue weighted by Crippen LogP contribution is -2.32. The van der Waals surface area contributed by atoms with E-state index in [1.54, 1.807) is 18.5 Å². The topological polar surface area (TPSA) is 71.5 Å². The number of amides is 2. The van der Waals surface area contributed by atoms with E-state index in [9.17, 15) is 9.59 Å². The van der Waals surface area contributed by atoms with E-state index < -0.39 is 0 Å². The molecule has 1 N–H and O–H groups in total. The Hall–Kier alpha value is -3.93. The monoisotopic (exact) mass is 441 g/mol. The Balaban J connectivity index is 1.73. The lowest BCUT2D eigenvalue weighted by atomic mass is 10.0. The third-order valence-corrected chi connectivity index (χ3v) is 5.71. The van der Waals surface area contributed by atoms with Gasteiger partial charge < -0.3 is 10.1 Å². The average Bonchev–Trinajstić information content (AvgIpc) is 3.06. The molecule has 6 heteroatoms. The number of pyridine rings is 1. The molecule has 168 valence electrons. The predicted molar refractivity (Wildman–Crippen MR) is 128 cm³/mol. The molecule has 33 heavy (non-hydrogen) atoms. The zero-order chi connectivity index (χ0) is 23.4. The van der Waals surface area contributed by atoms with Gasteiger partial charge in [0.2, 0.25) is 0 Å². The lowest BCUT2D eigenvalue weighted by Gasteiger charge is -2.16. The number of aryl methyl sites for hydroxylation is 1. The van der Waals surface area contributed by atoms with Crippen LogP contribution in [0.3, 0.4) is 0 Å². The minimum atomic E-state index is -0.355. The zero-order valence-electron chi connectivity index (χ0n) is 19.1. The summed E-state index contributed by atoms with van der Waals surface area (Å²) >= 11 is 0. The number of imide groups is 1. The van der Waals surface area contributed by atoms with Crippen LogP contribution in [0.15, 0.2) is 72.7 Å². The second-order valence-corrected chi connectivity index (χ2v) is 8.05. The molecule has 2 amide bonds. The van der Waals surface area contributed by atoms with Crippen molar-refractivity contribution in [1.82, 2.24) is 9.88 Å². The Labute approximate surface area is 193 Å². The molecule has 1 aromatic heterocycles. The standard InChI is InChI=1S/C27H27N3O3/c1-4-15-33-22-12-10-21(11-13-22)24-25(29-23-9-5-7-18(2)19(23)3)27(32)30(26(24)31)17-20-8-6-14-28-16-20/h5-14,16,29H,4,15,17H2,1-3H3. The van der Waals surface area contributed by atoms with Crippen LogP contribution >= 0.6 is 0 Å². The highest BCUT2D eigenvalue weighted by Crippen LogP contribution is 2.33. The van der Waals surface area contributed by atoms with E-state index in [1.165, 1.54) is 4.90 Å². The number of carbonyl (C=O) groups is 2. The summed E-state index contributed by atoms with van der Waals surface area (Å²) in [6.07, 6.45) is 4.24. The summed E-state index contributed by atoms with van der Waals surface area (Å²) in [6, 6.07) is 16.8. The van der Waals surface area contributed by atoms with Crippen LogP contribution in [0.25, 0.3) is 5.57 Å². The Morgan fingerprint density at radius 2 is 1.76 bits per heavy atom. The maximum atomic E-state index is 13.5. The minimum Gasteiger partial charge on any atom is -0.494 e. The molecule has 3 aromatic rings. The molecule has 0 aliphatic carbocycles. The first kappa shape index (κ1) is 22.3. The maximum Gasteiger partial charge on any atom is 0.278 e. The van der Waals surface area contributed by atoms with Gasteiger partial charge in [0, 0.05) is 18.1 Å². The predicted octanol–water partition coefficient (Wildman–Crippen LogP) is 4.88. The number of aromatic nitrogens is 1. The van der Waals surface area contributed by atoms with E-state index in [-0.39, 0.29) is 24.1 Å². The Bertz CT molecular complexity index is 1200. The summed E-state index contributed by atoms with van der Waals surface area (Å²) in [6.45, 7) is 6.83. The van der Waals surface area contributed by atoms with Crippen molar-refractivity contribution >= 4 is 23.1 Å². The number of hydrogen-bond donors (Lipinski definition) is 1. The molecule has 0 saturated carbocycles. The number of nitrogens with zero attached hydrogens (tertiary/aromatic N) is 2. The normalized spacial score (nSPS) is 13.6. The summed E-state index contributed by atoms with van der Waals surface area (Å²) in [5.41, 5.74) is 5.01. The van der Waals surface area contributed by atoms with Gasteiger partial charge in [0.05, 0.1) is 18.7 Å². The molecular formula is C27H27N3O3. The molecule has 2 heterocycles. The number of benzene rings is 2. The zero-order valence-corrected chi connectivity index (χ0v) is 19.1. The van der Waals surface area contributed by atoms with Crippen molar-refractivity contribution < 1.29 is 14.3 Å². The maximum absolute atomic E-state index is 13.5. The van der Waals surface area contributed by atoms with E-state index in [4.69, 9.17) is 4.74 Å². The summed E-state index contributed by atoms with van der Waals surface area (Å²) in [7, 11) is 0. The third kappa shape index (κ3) is 4.65. The number of nitrogens with one attached hydrogen (secondary N) is 1. The number of rotatable bonds is 8.